The van der Waals surface area contributed by atoms with E-state index < -0.39 is 0 Å². The van der Waals surface area contributed by atoms with Crippen LogP contribution in [-0.2, 0) is 0 Å². The Bertz CT molecular complexity index is 2850. The molecule has 10 heteroatoms. The maximum atomic E-state index is 11.0. The van der Waals surface area contributed by atoms with Gasteiger partial charge in [0.1, 0.15) is 29.8 Å². The molecule has 0 saturated heterocycles. The zero-order valence-electron chi connectivity index (χ0n) is 29.2. The van der Waals surface area contributed by atoms with E-state index in [1.807, 2.05) is 152 Å². The van der Waals surface area contributed by atoms with Crippen LogP contribution in [0.4, 0.5) is 0 Å². The Kier molecular flexibility index (Phi) is 8.94. The molecule has 0 bridgehead atoms. The van der Waals surface area contributed by atoms with E-state index in [1.54, 1.807) is 0 Å². The molecule has 0 fully saturated rings. The quantitative estimate of drug-likeness (QED) is 0.120. The van der Waals surface area contributed by atoms with Crippen LogP contribution >= 0.6 is 0 Å². The molecule has 0 spiro atoms. The van der Waals surface area contributed by atoms with Crippen molar-refractivity contribution in [3.63, 3.8) is 0 Å². The molecule has 0 amide bonds. The Labute approximate surface area is 321 Å². The fourth-order valence-electron chi connectivity index (χ4n) is 6.84. The van der Waals surface area contributed by atoms with Crippen LogP contribution in [0.3, 0.4) is 0 Å². The summed E-state index contributed by atoms with van der Waals surface area (Å²) in [4.78, 5) is 23.8. The average Bonchev–Trinajstić information content (AvgIpc) is 3.77. The summed E-state index contributed by atoms with van der Waals surface area (Å²) in [5.41, 5.74) is 4.86. The number of rotatable bonds is 6. The topological polar surface area (TPSA) is 183 Å². The minimum Gasteiger partial charge on any atom is -0.228 e. The second-order valence-electron chi connectivity index (χ2n) is 12.4. The maximum Gasteiger partial charge on any atom is 0.206 e. The molecule has 8 rings (SSSR count). The predicted molar refractivity (Wildman–Crippen MR) is 209 cm³/mol. The first-order valence-electron chi connectivity index (χ1n) is 17.2. The van der Waals surface area contributed by atoms with Gasteiger partial charge in [-0.2, -0.15) is 31.3 Å². The van der Waals surface area contributed by atoms with Crippen LogP contribution in [0.2, 0.25) is 0 Å². The third kappa shape index (κ3) is 5.89. The van der Waals surface area contributed by atoms with Gasteiger partial charge in [-0.15, -0.1) is 0 Å². The Morgan fingerprint density at radius 2 is 0.786 bits per heavy atom. The molecule has 256 valence electrons. The summed E-state index contributed by atoms with van der Waals surface area (Å²) in [6.07, 6.45) is 1.84. The molecule has 0 radical (unpaired) electrons. The van der Waals surface area contributed by atoms with E-state index in [1.165, 1.54) is 0 Å². The van der Waals surface area contributed by atoms with Crippen LogP contribution < -0.4 is 0 Å². The molecule has 0 aliphatic heterocycles. The van der Waals surface area contributed by atoms with Gasteiger partial charge in [-0.05, 0) is 12.1 Å². The van der Waals surface area contributed by atoms with Crippen molar-refractivity contribution in [2.24, 2.45) is 4.99 Å². The van der Waals surface area contributed by atoms with Gasteiger partial charge in [0.05, 0.1) is 45.2 Å². The lowest BCUT2D eigenvalue weighted by Crippen LogP contribution is -2.10. The summed E-state index contributed by atoms with van der Waals surface area (Å²) in [6.45, 7) is 0. The lowest BCUT2D eigenvalue weighted by atomic mass is 9.90. The first-order chi connectivity index (χ1) is 27.6. The van der Waals surface area contributed by atoms with Crippen LogP contribution in [-0.4, -0.2) is 25.6 Å². The second kappa shape index (κ2) is 14.6. The van der Waals surface area contributed by atoms with E-state index in [4.69, 9.17) is 19.9 Å². The zero-order valence-corrected chi connectivity index (χ0v) is 29.2. The van der Waals surface area contributed by atoms with Gasteiger partial charge in [-0.1, -0.05) is 121 Å². The largest absolute Gasteiger partial charge is 0.228 e. The molecule has 2 aliphatic carbocycles. The number of aromatic nitrogens is 4. The van der Waals surface area contributed by atoms with Gasteiger partial charge in [0.25, 0.3) is 0 Å². The third-order valence-electron chi connectivity index (χ3n) is 9.26. The van der Waals surface area contributed by atoms with Crippen molar-refractivity contribution in [3.8, 4) is 75.5 Å². The van der Waals surface area contributed by atoms with Gasteiger partial charge in [-0.25, -0.2) is 19.9 Å². The van der Waals surface area contributed by atoms with Crippen LogP contribution in [0.15, 0.2) is 172 Å². The van der Waals surface area contributed by atoms with Crippen molar-refractivity contribution in [2.45, 2.75) is 0 Å². The van der Waals surface area contributed by atoms with Crippen molar-refractivity contribution in [1.29, 1.82) is 26.3 Å². The molecule has 2 heterocycles. The van der Waals surface area contributed by atoms with E-state index in [2.05, 4.69) is 17.1 Å². The van der Waals surface area contributed by atoms with Crippen molar-refractivity contribution in [2.75, 3.05) is 0 Å². The highest BCUT2D eigenvalue weighted by Crippen LogP contribution is 2.53. The summed E-state index contributed by atoms with van der Waals surface area (Å²) in [7, 11) is 0. The van der Waals surface area contributed by atoms with E-state index in [0.717, 1.165) is 22.3 Å². The normalized spacial score (nSPS) is 13.8. The molecule has 56 heavy (non-hydrogen) atoms. The molecule has 0 saturated carbocycles. The van der Waals surface area contributed by atoms with Gasteiger partial charge in [-0.3, -0.25) is 0 Å². The van der Waals surface area contributed by atoms with Crippen LogP contribution in [0.25, 0.3) is 56.2 Å². The van der Waals surface area contributed by atoms with Crippen molar-refractivity contribution in [3.05, 3.63) is 179 Å². The minimum absolute atomic E-state index is 0.0227. The summed E-state index contributed by atoms with van der Waals surface area (Å²) in [6, 6.07) is 49.6. The summed E-state index contributed by atoms with van der Waals surface area (Å²) >= 11 is 0. The number of aliphatic imine (C=N–C) groups is 1. The lowest BCUT2D eigenvalue weighted by Gasteiger charge is -2.15. The Morgan fingerprint density at radius 3 is 1.12 bits per heavy atom. The number of allylic oxidation sites excluding steroid dienone is 8. The van der Waals surface area contributed by atoms with Crippen molar-refractivity contribution < 1.29 is 0 Å². The summed E-state index contributed by atoms with van der Waals surface area (Å²) in [5, 5.41) is 53.0. The van der Waals surface area contributed by atoms with Crippen LogP contribution in [0.1, 0.15) is 11.6 Å². The standard InChI is InChI=1S/C46H22N10/c47-23-32(24-48)39-40-33(25-49)43(46-55-37(30-17-9-3-10-18-30)22-38(56-46)31-19-11-4-12-20-31)44(52-27-51)41(40)34(26-50)42(39)45-53-35(28-13-5-1-6-14-28)21-36(54-45)29-15-7-2-8-16-29/h1-22H. The van der Waals surface area contributed by atoms with E-state index in [-0.39, 0.29) is 61.9 Å². The molecule has 6 aromatic rings. The lowest BCUT2D eigenvalue weighted by molar-refractivity contribution is 1.12. The molecular formula is C46H22N10. The third-order valence-corrected chi connectivity index (χ3v) is 9.26. The van der Waals surface area contributed by atoms with E-state index in [0.29, 0.717) is 22.8 Å². The summed E-state index contributed by atoms with van der Waals surface area (Å²) in [5.74, 6) is 0.102. The molecule has 0 atom stereocenters. The highest BCUT2D eigenvalue weighted by molar-refractivity contribution is 6.41. The number of nitrogens with zero attached hydrogens (tertiary/aromatic N) is 10. The minimum atomic E-state index is -0.387. The zero-order chi connectivity index (χ0) is 38.6. The van der Waals surface area contributed by atoms with Gasteiger partial charge >= 0.3 is 0 Å². The second-order valence-corrected chi connectivity index (χ2v) is 12.4. The first kappa shape index (κ1) is 34.2. The number of hydrogen-bond acceptors (Lipinski definition) is 10. The van der Waals surface area contributed by atoms with E-state index >= 15 is 0 Å². The molecular weight excluding hydrogens is 693 g/mol. The fourth-order valence-corrected chi connectivity index (χ4v) is 6.84. The Morgan fingerprint density at radius 1 is 0.429 bits per heavy atom. The van der Waals surface area contributed by atoms with Crippen LogP contribution in [0, 0.1) is 56.8 Å². The van der Waals surface area contributed by atoms with Crippen molar-refractivity contribution in [1.82, 2.24) is 19.9 Å². The molecule has 0 unspecified atom stereocenters. The number of hydrogen-bond donors (Lipinski definition) is 0. The maximum absolute atomic E-state index is 11.0. The van der Waals surface area contributed by atoms with Gasteiger partial charge in [0.15, 0.2) is 11.6 Å². The number of nitriles is 5. The van der Waals surface area contributed by atoms with Crippen LogP contribution in [0.5, 0.6) is 0 Å². The Hall–Kier alpha value is -8.88. The molecule has 2 aromatic heterocycles. The SMILES string of the molecule is N#CN=C1C2=C(C(C#N)=C1c1nc(-c3ccccc3)cc(-c3ccccc3)n1)C(=C(C#N)C#N)C(c1nc(-c3ccccc3)cc(-c3ccccc3)n1)=C2C#N. The Balaban J connectivity index is 1.42. The fraction of sp³-hybridized carbons (Fsp3) is 0. The van der Waals surface area contributed by atoms with Gasteiger partial charge < -0.3 is 0 Å². The summed E-state index contributed by atoms with van der Waals surface area (Å²) < 4.78 is 0. The predicted octanol–water partition coefficient (Wildman–Crippen LogP) is 8.78. The average molecular weight is 715 g/mol. The molecule has 10 nitrogen and oxygen atoms in total. The highest BCUT2D eigenvalue weighted by Gasteiger charge is 2.45. The molecule has 2 aliphatic rings. The highest BCUT2D eigenvalue weighted by atomic mass is 14.9. The van der Waals surface area contributed by atoms with Gasteiger partial charge in [0, 0.05) is 44.5 Å². The molecule has 4 aromatic carbocycles. The smallest absolute Gasteiger partial charge is 0.206 e. The van der Waals surface area contributed by atoms with E-state index in [9.17, 15) is 26.3 Å². The van der Waals surface area contributed by atoms with Crippen molar-refractivity contribution >= 4 is 16.9 Å². The number of benzene rings is 4. The van der Waals surface area contributed by atoms with Gasteiger partial charge in [0.2, 0.25) is 6.19 Å². The monoisotopic (exact) mass is 714 g/mol. The first-order valence-corrected chi connectivity index (χ1v) is 17.2. The molecule has 0 N–H and O–H groups in total.